The molecule has 0 N–H and O–H groups in total. The minimum atomic E-state index is -3.85. The van der Waals surface area contributed by atoms with Gasteiger partial charge >= 0.3 is 0 Å². The summed E-state index contributed by atoms with van der Waals surface area (Å²) in [6, 6.07) is 21.9. The lowest BCUT2D eigenvalue weighted by Gasteiger charge is -2.30. The highest BCUT2D eigenvalue weighted by Crippen LogP contribution is 2.31. The Morgan fingerprint density at radius 3 is 2.34 bits per heavy atom. The Labute approximate surface area is 205 Å². The number of para-hydroxylation sites is 3. The molecular formula is C27H29N3O4S. The van der Waals surface area contributed by atoms with Gasteiger partial charge in [0.05, 0.1) is 34.6 Å². The molecule has 4 rings (SSSR count). The maximum absolute atomic E-state index is 13.8. The van der Waals surface area contributed by atoms with Crippen molar-refractivity contribution in [1.82, 2.24) is 13.9 Å². The zero-order chi connectivity index (χ0) is 25.0. The highest BCUT2D eigenvalue weighted by Gasteiger charge is 2.33. The third-order valence-corrected chi connectivity index (χ3v) is 8.00. The van der Waals surface area contributed by atoms with E-state index in [0.29, 0.717) is 41.1 Å². The number of unbranched alkanes of at least 4 members (excludes halogenated alkanes) is 1. The molecule has 4 aromatic rings. The highest BCUT2D eigenvalue weighted by molar-refractivity contribution is 7.89. The van der Waals surface area contributed by atoms with Crippen molar-refractivity contribution in [2.45, 2.75) is 37.6 Å². The third kappa shape index (κ3) is 4.72. The van der Waals surface area contributed by atoms with E-state index in [1.165, 1.54) is 16.0 Å². The molecule has 0 fully saturated rings. The molecule has 0 amide bonds. The van der Waals surface area contributed by atoms with Crippen molar-refractivity contribution in [3.05, 3.63) is 95.0 Å². The van der Waals surface area contributed by atoms with Gasteiger partial charge in [-0.1, -0.05) is 55.8 Å². The number of hydrogen-bond donors (Lipinski definition) is 0. The van der Waals surface area contributed by atoms with E-state index >= 15 is 0 Å². The van der Waals surface area contributed by atoms with Crippen molar-refractivity contribution in [3.8, 4) is 11.4 Å². The Morgan fingerprint density at radius 2 is 1.63 bits per heavy atom. The minimum absolute atomic E-state index is 0.204. The molecule has 0 saturated carbocycles. The average Bonchev–Trinajstić information content (AvgIpc) is 2.89. The predicted octanol–water partition coefficient (Wildman–Crippen LogP) is 4.95. The van der Waals surface area contributed by atoms with Crippen LogP contribution in [0, 0.1) is 0 Å². The number of benzene rings is 3. The summed E-state index contributed by atoms with van der Waals surface area (Å²) >= 11 is 0. The lowest BCUT2D eigenvalue weighted by Crippen LogP contribution is -2.38. The smallest absolute Gasteiger partial charge is 0.266 e. The normalized spacial score (nSPS) is 12.7. The van der Waals surface area contributed by atoms with Gasteiger partial charge < -0.3 is 4.74 Å². The fourth-order valence-corrected chi connectivity index (χ4v) is 5.82. The van der Waals surface area contributed by atoms with Crippen LogP contribution in [0.1, 0.15) is 38.6 Å². The van der Waals surface area contributed by atoms with Gasteiger partial charge in [-0.15, -0.1) is 0 Å². The molecule has 8 heteroatoms. The van der Waals surface area contributed by atoms with Crippen molar-refractivity contribution in [3.63, 3.8) is 0 Å². The molecule has 182 valence electrons. The molecule has 0 spiro atoms. The Morgan fingerprint density at radius 1 is 0.971 bits per heavy atom. The van der Waals surface area contributed by atoms with Crippen LogP contribution in [0.25, 0.3) is 16.6 Å². The van der Waals surface area contributed by atoms with E-state index < -0.39 is 16.1 Å². The molecule has 0 aliphatic heterocycles. The van der Waals surface area contributed by atoms with Crippen LogP contribution in [-0.4, -0.2) is 35.9 Å². The summed E-state index contributed by atoms with van der Waals surface area (Å²) in [5, 5.41) is 0.445. The van der Waals surface area contributed by atoms with E-state index in [9.17, 15) is 13.2 Å². The van der Waals surface area contributed by atoms with Gasteiger partial charge in [-0.05, 0) is 49.7 Å². The average molecular weight is 492 g/mol. The zero-order valence-corrected chi connectivity index (χ0v) is 20.9. The fraction of sp³-hybridized carbons (Fsp3) is 0.259. The van der Waals surface area contributed by atoms with Crippen molar-refractivity contribution in [2.75, 3.05) is 13.7 Å². The van der Waals surface area contributed by atoms with E-state index in [1.807, 2.05) is 25.1 Å². The topological polar surface area (TPSA) is 81.5 Å². The third-order valence-electron chi connectivity index (χ3n) is 6.02. The number of hydrogen-bond acceptors (Lipinski definition) is 5. The van der Waals surface area contributed by atoms with Crippen molar-refractivity contribution >= 4 is 20.9 Å². The van der Waals surface area contributed by atoms with Gasteiger partial charge in [0.2, 0.25) is 10.0 Å². The highest BCUT2D eigenvalue weighted by atomic mass is 32.2. The van der Waals surface area contributed by atoms with Crippen LogP contribution < -0.4 is 10.3 Å². The first-order valence-electron chi connectivity index (χ1n) is 11.6. The van der Waals surface area contributed by atoms with Gasteiger partial charge in [-0.2, -0.15) is 4.31 Å². The number of methoxy groups -OCH3 is 1. The molecule has 7 nitrogen and oxygen atoms in total. The van der Waals surface area contributed by atoms with Crippen LogP contribution in [0.4, 0.5) is 0 Å². The molecular weight excluding hydrogens is 462 g/mol. The molecule has 0 aliphatic carbocycles. The van der Waals surface area contributed by atoms with E-state index in [4.69, 9.17) is 9.72 Å². The van der Waals surface area contributed by atoms with Gasteiger partial charge in [-0.25, -0.2) is 13.4 Å². The predicted molar refractivity (Wildman–Crippen MR) is 138 cm³/mol. The summed E-state index contributed by atoms with van der Waals surface area (Å²) in [5.74, 6) is 0.819. The van der Waals surface area contributed by atoms with Crippen LogP contribution in [0.3, 0.4) is 0 Å². The second-order valence-corrected chi connectivity index (χ2v) is 10.1. The summed E-state index contributed by atoms with van der Waals surface area (Å²) < 4.78 is 36.0. The molecule has 0 saturated heterocycles. The monoisotopic (exact) mass is 491 g/mol. The minimum Gasteiger partial charge on any atom is -0.495 e. The SMILES string of the molecule is CCCCN(C(C)c1nc2ccccc2c(=O)n1-c1ccccc1OC)S(=O)(=O)c1ccccc1. The second-order valence-electron chi connectivity index (χ2n) is 8.26. The van der Waals surface area contributed by atoms with E-state index in [1.54, 1.807) is 67.6 Å². The Bertz CT molecular complexity index is 1480. The first-order valence-corrected chi connectivity index (χ1v) is 13.1. The molecule has 0 aliphatic rings. The maximum Gasteiger partial charge on any atom is 0.266 e. The lowest BCUT2D eigenvalue weighted by atomic mass is 10.2. The fourth-order valence-electron chi connectivity index (χ4n) is 4.17. The lowest BCUT2D eigenvalue weighted by molar-refractivity contribution is 0.321. The molecule has 35 heavy (non-hydrogen) atoms. The van der Waals surface area contributed by atoms with E-state index in [-0.39, 0.29) is 10.5 Å². The van der Waals surface area contributed by atoms with Crippen LogP contribution in [0.2, 0.25) is 0 Å². The largest absolute Gasteiger partial charge is 0.495 e. The van der Waals surface area contributed by atoms with Crippen molar-refractivity contribution < 1.29 is 13.2 Å². The van der Waals surface area contributed by atoms with Crippen molar-refractivity contribution in [1.29, 1.82) is 0 Å². The molecule has 3 aromatic carbocycles. The first kappa shape index (κ1) is 24.6. The standard InChI is InChI=1S/C27H29N3O4S/c1-4-5-19-29(35(32,33)21-13-7-6-8-14-21)20(2)26-28-23-16-10-9-15-22(23)27(31)30(26)24-17-11-12-18-25(24)34-3/h6-18,20H,4-5,19H2,1-3H3. The molecule has 0 bridgehead atoms. The first-order chi connectivity index (χ1) is 16.9. The number of sulfonamides is 1. The number of aromatic nitrogens is 2. The number of nitrogens with zero attached hydrogens (tertiary/aromatic N) is 3. The number of fused-ring (bicyclic) bond motifs is 1. The van der Waals surface area contributed by atoms with Gasteiger partial charge in [0.25, 0.3) is 5.56 Å². The van der Waals surface area contributed by atoms with E-state index in [2.05, 4.69) is 0 Å². The summed E-state index contributed by atoms with van der Waals surface area (Å²) in [6.07, 6.45) is 1.49. The van der Waals surface area contributed by atoms with Gasteiger partial charge in [-0.3, -0.25) is 9.36 Å². The van der Waals surface area contributed by atoms with Gasteiger partial charge in [0.1, 0.15) is 11.6 Å². The quantitative estimate of drug-likeness (QED) is 0.331. The number of ether oxygens (including phenoxy) is 1. The molecule has 1 aromatic heterocycles. The number of rotatable bonds is 9. The van der Waals surface area contributed by atoms with E-state index in [0.717, 1.165) is 6.42 Å². The molecule has 1 heterocycles. The van der Waals surface area contributed by atoms with Gasteiger partial charge in [0, 0.05) is 6.54 Å². The van der Waals surface area contributed by atoms with Crippen molar-refractivity contribution in [2.24, 2.45) is 0 Å². The second kappa shape index (κ2) is 10.4. The van der Waals surface area contributed by atoms with Crippen LogP contribution in [-0.2, 0) is 10.0 Å². The van der Waals surface area contributed by atoms with Crippen LogP contribution >= 0.6 is 0 Å². The van der Waals surface area contributed by atoms with Crippen LogP contribution in [0.15, 0.2) is 88.6 Å². The van der Waals surface area contributed by atoms with Gasteiger partial charge in [0.15, 0.2) is 0 Å². The van der Waals surface area contributed by atoms with Crippen LogP contribution in [0.5, 0.6) is 5.75 Å². The zero-order valence-electron chi connectivity index (χ0n) is 20.1. The summed E-state index contributed by atoms with van der Waals surface area (Å²) in [4.78, 5) is 18.8. The summed E-state index contributed by atoms with van der Waals surface area (Å²) in [5.41, 5.74) is 0.736. The Hall–Kier alpha value is -3.49. The molecule has 1 atom stereocenters. The Balaban J connectivity index is 1.98. The molecule has 0 radical (unpaired) electrons. The molecule has 1 unspecified atom stereocenters. The summed E-state index contributed by atoms with van der Waals surface area (Å²) in [7, 11) is -2.32. The Kier molecular flexibility index (Phi) is 7.33. The summed E-state index contributed by atoms with van der Waals surface area (Å²) in [6.45, 7) is 4.08. The maximum atomic E-state index is 13.8.